The third kappa shape index (κ3) is 5.25. The molecule has 0 saturated carbocycles. The van der Waals surface area contributed by atoms with E-state index in [0.29, 0.717) is 50.0 Å². The number of carbonyl (C=O) groups excluding carboxylic acids is 1. The summed E-state index contributed by atoms with van der Waals surface area (Å²) >= 11 is 1.20. The molecular weight excluding hydrogens is 352 g/mol. The standard InChI is InChI=1S/C15H24N2O5S2/c1-21-9-10-22-8-6-16-15(18)13-4-2-7-17(12-13)24(19,20)14-5-3-11-23-14/h3,5,11,13H,2,4,6-10,12H2,1H3,(H,16,18). The van der Waals surface area contributed by atoms with E-state index in [4.69, 9.17) is 9.47 Å². The van der Waals surface area contributed by atoms with Gasteiger partial charge in [0, 0.05) is 26.7 Å². The minimum atomic E-state index is -3.49. The van der Waals surface area contributed by atoms with Crippen LogP contribution in [0.25, 0.3) is 0 Å². The molecule has 1 fully saturated rings. The number of amides is 1. The summed E-state index contributed by atoms with van der Waals surface area (Å²) in [6, 6.07) is 3.32. The Morgan fingerprint density at radius 3 is 2.96 bits per heavy atom. The monoisotopic (exact) mass is 376 g/mol. The number of nitrogens with one attached hydrogen (secondary N) is 1. The summed E-state index contributed by atoms with van der Waals surface area (Å²) in [5.41, 5.74) is 0. The zero-order chi connectivity index (χ0) is 17.4. The van der Waals surface area contributed by atoms with Crippen molar-refractivity contribution >= 4 is 27.3 Å². The second-order valence-electron chi connectivity index (χ2n) is 5.53. The van der Waals surface area contributed by atoms with Gasteiger partial charge in [0.25, 0.3) is 10.0 Å². The maximum atomic E-state index is 12.6. The molecule has 0 aromatic carbocycles. The lowest BCUT2D eigenvalue weighted by Crippen LogP contribution is -2.45. The lowest BCUT2D eigenvalue weighted by molar-refractivity contribution is -0.126. The number of carbonyl (C=O) groups is 1. The fraction of sp³-hybridized carbons (Fsp3) is 0.667. The molecule has 0 aliphatic carbocycles. The van der Waals surface area contributed by atoms with Crippen LogP contribution in [0.15, 0.2) is 21.7 Å². The SMILES string of the molecule is COCCOCCNC(=O)C1CCCN(S(=O)(=O)c2cccs2)C1. The molecule has 1 amide bonds. The molecule has 1 saturated heterocycles. The Balaban J connectivity index is 1.81. The molecule has 1 aromatic rings. The van der Waals surface area contributed by atoms with Gasteiger partial charge >= 0.3 is 0 Å². The Kier molecular flexibility index (Phi) is 7.63. The van der Waals surface area contributed by atoms with Crippen molar-refractivity contribution in [1.82, 2.24) is 9.62 Å². The largest absolute Gasteiger partial charge is 0.382 e. The quantitative estimate of drug-likeness (QED) is 0.648. The Morgan fingerprint density at radius 1 is 1.42 bits per heavy atom. The molecule has 7 nitrogen and oxygen atoms in total. The van der Waals surface area contributed by atoms with Gasteiger partial charge in [-0.2, -0.15) is 4.31 Å². The molecule has 1 N–H and O–H groups in total. The third-order valence-corrected chi connectivity index (χ3v) is 7.06. The topological polar surface area (TPSA) is 84.9 Å². The van der Waals surface area contributed by atoms with Gasteiger partial charge < -0.3 is 14.8 Å². The smallest absolute Gasteiger partial charge is 0.252 e. The van der Waals surface area contributed by atoms with Gasteiger partial charge in [-0.15, -0.1) is 11.3 Å². The van der Waals surface area contributed by atoms with E-state index in [-0.39, 0.29) is 18.4 Å². The first kappa shape index (κ1) is 19.3. The number of rotatable bonds is 9. The Morgan fingerprint density at radius 2 is 2.25 bits per heavy atom. The van der Waals surface area contributed by atoms with Crippen molar-refractivity contribution in [1.29, 1.82) is 0 Å². The van der Waals surface area contributed by atoms with E-state index in [1.165, 1.54) is 15.6 Å². The highest BCUT2D eigenvalue weighted by Gasteiger charge is 2.33. The molecule has 24 heavy (non-hydrogen) atoms. The molecule has 1 aromatic heterocycles. The predicted molar refractivity (Wildman–Crippen MR) is 91.5 cm³/mol. The number of ether oxygens (including phenoxy) is 2. The van der Waals surface area contributed by atoms with Gasteiger partial charge in [-0.1, -0.05) is 6.07 Å². The highest BCUT2D eigenvalue weighted by molar-refractivity contribution is 7.91. The van der Waals surface area contributed by atoms with Crippen molar-refractivity contribution in [2.45, 2.75) is 17.1 Å². The highest BCUT2D eigenvalue weighted by Crippen LogP contribution is 2.26. The van der Waals surface area contributed by atoms with E-state index in [0.717, 1.165) is 0 Å². The van der Waals surface area contributed by atoms with Crippen LogP contribution in [-0.2, 0) is 24.3 Å². The van der Waals surface area contributed by atoms with Crippen LogP contribution in [-0.4, -0.2) is 65.2 Å². The summed E-state index contributed by atoms with van der Waals surface area (Å²) in [5.74, 6) is -0.427. The van der Waals surface area contributed by atoms with E-state index in [1.54, 1.807) is 24.6 Å². The molecule has 9 heteroatoms. The Labute approximate surface area is 147 Å². The van der Waals surface area contributed by atoms with E-state index in [9.17, 15) is 13.2 Å². The molecule has 1 aliphatic heterocycles. The second-order valence-corrected chi connectivity index (χ2v) is 8.64. The zero-order valence-electron chi connectivity index (χ0n) is 13.8. The van der Waals surface area contributed by atoms with Gasteiger partial charge in [0.2, 0.25) is 5.91 Å². The van der Waals surface area contributed by atoms with E-state index in [1.807, 2.05) is 0 Å². The van der Waals surface area contributed by atoms with Crippen molar-refractivity contribution in [3.05, 3.63) is 17.5 Å². The van der Waals surface area contributed by atoms with Crippen LogP contribution in [0.4, 0.5) is 0 Å². The molecule has 2 heterocycles. The van der Waals surface area contributed by atoms with Crippen molar-refractivity contribution in [2.75, 3.05) is 46.6 Å². The molecule has 0 bridgehead atoms. The maximum absolute atomic E-state index is 12.6. The fourth-order valence-electron chi connectivity index (χ4n) is 2.55. The van der Waals surface area contributed by atoms with Crippen LogP contribution in [0.5, 0.6) is 0 Å². The molecular formula is C15H24N2O5S2. The van der Waals surface area contributed by atoms with Crippen LogP contribution >= 0.6 is 11.3 Å². The van der Waals surface area contributed by atoms with Crippen LogP contribution in [0.1, 0.15) is 12.8 Å². The number of sulfonamides is 1. The van der Waals surface area contributed by atoms with Gasteiger partial charge in [-0.25, -0.2) is 8.42 Å². The number of hydrogen-bond donors (Lipinski definition) is 1. The predicted octanol–water partition coefficient (Wildman–Crippen LogP) is 0.928. The van der Waals surface area contributed by atoms with Gasteiger partial charge in [0.1, 0.15) is 4.21 Å². The van der Waals surface area contributed by atoms with Gasteiger partial charge in [-0.3, -0.25) is 4.79 Å². The molecule has 136 valence electrons. The summed E-state index contributed by atoms with van der Waals surface area (Å²) in [5, 5.41) is 4.55. The summed E-state index contributed by atoms with van der Waals surface area (Å²) in [4.78, 5) is 12.2. The van der Waals surface area contributed by atoms with Crippen molar-refractivity contribution in [3.8, 4) is 0 Å². The number of methoxy groups -OCH3 is 1. The Bertz CT molecular complexity index is 603. The van der Waals surface area contributed by atoms with Crippen molar-refractivity contribution in [2.24, 2.45) is 5.92 Å². The molecule has 2 rings (SSSR count). The van der Waals surface area contributed by atoms with E-state index < -0.39 is 10.0 Å². The number of thiophene rings is 1. The van der Waals surface area contributed by atoms with Gasteiger partial charge in [-0.05, 0) is 24.3 Å². The lowest BCUT2D eigenvalue weighted by atomic mass is 9.99. The van der Waals surface area contributed by atoms with E-state index in [2.05, 4.69) is 5.32 Å². The second kappa shape index (κ2) is 9.47. The first-order valence-electron chi connectivity index (χ1n) is 7.93. The Hall–Kier alpha value is -1.00. The van der Waals surface area contributed by atoms with Crippen LogP contribution in [0.2, 0.25) is 0 Å². The molecule has 0 spiro atoms. The third-order valence-electron chi connectivity index (χ3n) is 3.82. The first-order valence-corrected chi connectivity index (χ1v) is 10.3. The number of hydrogen-bond acceptors (Lipinski definition) is 6. The first-order chi connectivity index (χ1) is 11.6. The number of piperidine rings is 1. The van der Waals surface area contributed by atoms with Crippen molar-refractivity contribution < 1.29 is 22.7 Å². The van der Waals surface area contributed by atoms with Gasteiger partial charge in [0.05, 0.1) is 25.7 Å². The average Bonchev–Trinajstić information content (AvgIpc) is 3.13. The molecule has 1 unspecified atom stereocenters. The van der Waals surface area contributed by atoms with Crippen molar-refractivity contribution in [3.63, 3.8) is 0 Å². The highest BCUT2D eigenvalue weighted by atomic mass is 32.2. The summed E-state index contributed by atoms with van der Waals surface area (Å²) in [6.07, 6.45) is 1.39. The average molecular weight is 377 g/mol. The molecule has 1 atom stereocenters. The minimum Gasteiger partial charge on any atom is -0.382 e. The zero-order valence-corrected chi connectivity index (χ0v) is 15.4. The van der Waals surface area contributed by atoms with Crippen LogP contribution in [0, 0.1) is 5.92 Å². The molecule has 1 aliphatic rings. The van der Waals surface area contributed by atoms with Gasteiger partial charge in [0.15, 0.2) is 0 Å². The number of nitrogens with zero attached hydrogens (tertiary/aromatic N) is 1. The molecule has 0 radical (unpaired) electrons. The van der Waals surface area contributed by atoms with E-state index >= 15 is 0 Å². The minimum absolute atomic E-state index is 0.114. The maximum Gasteiger partial charge on any atom is 0.252 e. The lowest BCUT2D eigenvalue weighted by Gasteiger charge is -2.30. The fourth-order valence-corrected chi connectivity index (χ4v) is 5.22. The summed E-state index contributed by atoms with van der Waals surface area (Å²) in [7, 11) is -1.89. The van der Waals surface area contributed by atoms with Crippen LogP contribution in [0.3, 0.4) is 0 Å². The normalized spacial score (nSPS) is 19.3. The summed E-state index contributed by atoms with van der Waals surface area (Å²) in [6.45, 7) is 2.53. The van der Waals surface area contributed by atoms with Crippen LogP contribution < -0.4 is 5.32 Å². The summed E-state index contributed by atoms with van der Waals surface area (Å²) < 4.78 is 37.0.